The van der Waals surface area contributed by atoms with Crippen molar-refractivity contribution < 1.29 is 0 Å². The fourth-order valence-corrected chi connectivity index (χ4v) is 3.07. The number of hydrogen-bond donors (Lipinski definition) is 1. The van der Waals surface area contributed by atoms with Gasteiger partial charge in [-0.15, -0.1) is 0 Å². The Hall–Kier alpha value is -1.74. The molecule has 0 amide bonds. The lowest BCUT2D eigenvalue weighted by Crippen LogP contribution is -2.19. The van der Waals surface area contributed by atoms with Crippen LogP contribution in [0.25, 0.3) is 11.4 Å². The zero-order valence-electron chi connectivity index (χ0n) is 11.5. The van der Waals surface area contributed by atoms with Crippen LogP contribution in [0.15, 0.2) is 30.5 Å². The fourth-order valence-electron chi connectivity index (χ4n) is 3.07. The summed E-state index contributed by atoms with van der Waals surface area (Å²) in [5.74, 6) is 1.61. The highest BCUT2D eigenvalue weighted by Crippen LogP contribution is 2.41. The molecule has 1 saturated carbocycles. The van der Waals surface area contributed by atoms with Crippen molar-refractivity contribution in [3.8, 4) is 11.4 Å². The number of hydrogen-bond acceptors (Lipinski definition) is 3. The predicted molar refractivity (Wildman–Crippen MR) is 79.3 cm³/mol. The number of fused-ring (bicyclic) bond motifs is 1. The second-order valence-electron chi connectivity index (χ2n) is 5.99. The highest BCUT2D eigenvalue weighted by atomic mass is 14.9. The Balaban J connectivity index is 1.73. The summed E-state index contributed by atoms with van der Waals surface area (Å²) in [6, 6.07) is 8.82. The van der Waals surface area contributed by atoms with Crippen LogP contribution in [0.5, 0.6) is 0 Å². The first kappa shape index (κ1) is 12.0. The summed E-state index contributed by atoms with van der Waals surface area (Å²) in [5, 5.41) is 0. The molecule has 2 aromatic rings. The molecule has 1 aromatic heterocycles. The van der Waals surface area contributed by atoms with Crippen molar-refractivity contribution in [3.63, 3.8) is 0 Å². The van der Waals surface area contributed by atoms with Gasteiger partial charge in [-0.3, -0.25) is 0 Å². The molecule has 0 bridgehead atoms. The average Bonchev–Trinajstić information content (AvgIpc) is 3.32. The molecule has 1 aromatic carbocycles. The van der Waals surface area contributed by atoms with E-state index in [1.54, 1.807) is 0 Å². The summed E-state index contributed by atoms with van der Waals surface area (Å²) < 4.78 is 0. The molecule has 0 spiro atoms. The van der Waals surface area contributed by atoms with Gasteiger partial charge >= 0.3 is 0 Å². The first-order valence-electron chi connectivity index (χ1n) is 7.53. The van der Waals surface area contributed by atoms with E-state index in [0.717, 1.165) is 47.8 Å². The van der Waals surface area contributed by atoms with Gasteiger partial charge in [0.05, 0.1) is 0 Å². The van der Waals surface area contributed by atoms with Gasteiger partial charge in [0.1, 0.15) is 0 Å². The molecule has 0 aliphatic heterocycles. The zero-order chi connectivity index (χ0) is 13.5. The third kappa shape index (κ3) is 2.12. The van der Waals surface area contributed by atoms with Crippen LogP contribution >= 0.6 is 0 Å². The van der Waals surface area contributed by atoms with E-state index in [2.05, 4.69) is 29.2 Å². The lowest BCUT2D eigenvalue weighted by Gasteiger charge is -2.21. The highest BCUT2D eigenvalue weighted by molar-refractivity contribution is 5.57. The number of aryl methyl sites for hydroxylation is 1. The van der Waals surface area contributed by atoms with E-state index < -0.39 is 0 Å². The first-order chi connectivity index (χ1) is 9.81. The van der Waals surface area contributed by atoms with E-state index in [1.165, 1.54) is 18.4 Å². The minimum absolute atomic E-state index is 0.116. The van der Waals surface area contributed by atoms with Gasteiger partial charge in [0, 0.05) is 29.1 Å². The van der Waals surface area contributed by atoms with E-state index in [0.29, 0.717) is 0 Å². The van der Waals surface area contributed by atoms with Crippen LogP contribution in [0.3, 0.4) is 0 Å². The van der Waals surface area contributed by atoms with E-state index in [-0.39, 0.29) is 6.04 Å². The van der Waals surface area contributed by atoms with Gasteiger partial charge in [-0.25, -0.2) is 9.97 Å². The molecular weight excluding hydrogens is 246 g/mol. The van der Waals surface area contributed by atoms with Crippen molar-refractivity contribution in [2.24, 2.45) is 5.73 Å². The molecule has 0 saturated heterocycles. The maximum Gasteiger partial charge on any atom is 0.159 e. The van der Waals surface area contributed by atoms with E-state index >= 15 is 0 Å². The van der Waals surface area contributed by atoms with Crippen molar-refractivity contribution in [2.45, 2.75) is 44.1 Å². The third-order valence-electron chi connectivity index (χ3n) is 4.42. The Labute approximate surface area is 119 Å². The van der Waals surface area contributed by atoms with Gasteiger partial charge in [0.25, 0.3) is 0 Å². The summed E-state index contributed by atoms with van der Waals surface area (Å²) in [7, 11) is 0. The molecule has 2 aliphatic carbocycles. The number of aromatic nitrogens is 2. The van der Waals surface area contributed by atoms with Crippen molar-refractivity contribution in [3.05, 3.63) is 47.3 Å². The SMILES string of the molecule is NC1CCCc2nc(-c3cccc(C4CC4)c3)ncc21. The van der Waals surface area contributed by atoms with Crippen LogP contribution in [-0.2, 0) is 6.42 Å². The van der Waals surface area contributed by atoms with Crippen LogP contribution in [-0.4, -0.2) is 9.97 Å². The molecular formula is C17H19N3. The van der Waals surface area contributed by atoms with Crippen molar-refractivity contribution in [1.29, 1.82) is 0 Å². The summed E-state index contributed by atoms with van der Waals surface area (Å²) in [6.07, 6.45) is 7.79. The molecule has 2 aliphatic rings. The molecule has 20 heavy (non-hydrogen) atoms. The molecule has 1 unspecified atom stereocenters. The van der Waals surface area contributed by atoms with Gasteiger partial charge in [-0.05, 0) is 49.7 Å². The summed E-state index contributed by atoms with van der Waals surface area (Å²) >= 11 is 0. The number of nitrogens with zero attached hydrogens (tertiary/aromatic N) is 2. The number of rotatable bonds is 2. The monoisotopic (exact) mass is 265 g/mol. The lowest BCUT2D eigenvalue weighted by atomic mass is 9.93. The standard InChI is InChI=1S/C17H19N3/c18-15-5-2-6-16-14(15)10-19-17(20-16)13-4-1-3-12(9-13)11-7-8-11/h1,3-4,9-11,15H,2,5-8,18H2. The Morgan fingerprint density at radius 1 is 1.15 bits per heavy atom. The van der Waals surface area contributed by atoms with E-state index in [4.69, 9.17) is 10.7 Å². The maximum atomic E-state index is 6.13. The molecule has 1 heterocycles. The quantitative estimate of drug-likeness (QED) is 0.905. The second kappa shape index (κ2) is 4.67. The van der Waals surface area contributed by atoms with Crippen molar-refractivity contribution >= 4 is 0 Å². The predicted octanol–water partition coefficient (Wildman–Crippen LogP) is 3.36. The Bertz CT molecular complexity index is 646. The molecule has 1 fully saturated rings. The summed E-state index contributed by atoms with van der Waals surface area (Å²) in [6.45, 7) is 0. The molecule has 0 radical (unpaired) electrons. The second-order valence-corrected chi connectivity index (χ2v) is 5.99. The Morgan fingerprint density at radius 3 is 2.90 bits per heavy atom. The van der Waals surface area contributed by atoms with Crippen molar-refractivity contribution in [1.82, 2.24) is 9.97 Å². The van der Waals surface area contributed by atoms with E-state index in [1.807, 2.05) is 6.20 Å². The Kier molecular flexibility index (Phi) is 2.81. The van der Waals surface area contributed by atoms with Crippen LogP contribution in [0.4, 0.5) is 0 Å². The first-order valence-corrected chi connectivity index (χ1v) is 7.53. The summed E-state index contributed by atoms with van der Waals surface area (Å²) in [5.41, 5.74) is 11.0. The Morgan fingerprint density at radius 2 is 2.05 bits per heavy atom. The molecule has 3 heteroatoms. The van der Waals surface area contributed by atoms with Gasteiger partial charge in [-0.2, -0.15) is 0 Å². The van der Waals surface area contributed by atoms with Gasteiger partial charge < -0.3 is 5.73 Å². The minimum Gasteiger partial charge on any atom is -0.324 e. The van der Waals surface area contributed by atoms with Gasteiger partial charge in [0.15, 0.2) is 5.82 Å². The third-order valence-corrected chi connectivity index (χ3v) is 4.42. The van der Waals surface area contributed by atoms with E-state index in [9.17, 15) is 0 Å². The lowest BCUT2D eigenvalue weighted by molar-refractivity contribution is 0.557. The highest BCUT2D eigenvalue weighted by Gasteiger charge is 2.24. The van der Waals surface area contributed by atoms with Gasteiger partial charge in [0.2, 0.25) is 0 Å². The van der Waals surface area contributed by atoms with Crippen LogP contribution < -0.4 is 5.73 Å². The smallest absolute Gasteiger partial charge is 0.159 e. The van der Waals surface area contributed by atoms with Crippen molar-refractivity contribution in [2.75, 3.05) is 0 Å². The van der Waals surface area contributed by atoms with Gasteiger partial charge in [-0.1, -0.05) is 18.2 Å². The number of benzene rings is 1. The number of nitrogens with two attached hydrogens (primary N) is 1. The topological polar surface area (TPSA) is 51.8 Å². The minimum atomic E-state index is 0.116. The molecule has 102 valence electrons. The normalized spacial score (nSPS) is 21.6. The average molecular weight is 265 g/mol. The fraction of sp³-hybridized carbons (Fsp3) is 0.412. The van der Waals surface area contributed by atoms with Crippen LogP contribution in [0.2, 0.25) is 0 Å². The molecule has 4 rings (SSSR count). The zero-order valence-corrected chi connectivity index (χ0v) is 11.5. The molecule has 3 nitrogen and oxygen atoms in total. The maximum absolute atomic E-state index is 6.13. The summed E-state index contributed by atoms with van der Waals surface area (Å²) in [4.78, 5) is 9.31. The van der Waals surface area contributed by atoms with Crippen LogP contribution in [0.1, 0.15) is 54.5 Å². The largest absolute Gasteiger partial charge is 0.324 e. The molecule has 1 atom stereocenters. The molecule has 2 N–H and O–H groups in total. The van der Waals surface area contributed by atoms with Crippen LogP contribution in [0, 0.1) is 0 Å².